The number of hydrogen-bond donors (Lipinski definition) is 0. The summed E-state index contributed by atoms with van der Waals surface area (Å²) < 4.78 is 0. The van der Waals surface area contributed by atoms with Crippen LogP contribution >= 0.6 is 0 Å². The number of benzene rings is 4. The molecule has 0 radical (unpaired) electrons. The lowest BCUT2D eigenvalue weighted by atomic mass is 9.80. The van der Waals surface area contributed by atoms with Crippen molar-refractivity contribution in [2.24, 2.45) is 0 Å². The molecule has 0 bridgehead atoms. The van der Waals surface area contributed by atoms with Gasteiger partial charge in [-0.3, -0.25) is 0 Å². The van der Waals surface area contributed by atoms with Crippen LogP contribution in [0.4, 0.5) is 0 Å². The van der Waals surface area contributed by atoms with Gasteiger partial charge in [0, 0.05) is 10.8 Å². The molecule has 0 spiro atoms. The summed E-state index contributed by atoms with van der Waals surface area (Å²) in [5.41, 5.74) is 11.6. The van der Waals surface area contributed by atoms with Crippen molar-refractivity contribution in [3.05, 3.63) is 95.1 Å². The zero-order valence-corrected chi connectivity index (χ0v) is 16.9. The lowest BCUT2D eigenvalue weighted by Gasteiger charge is -2.23. The molecule has 0 heteroatoms. The molecule has 0 fully saturated rings. The predicted octanol–water partition coefficient (Wildman–Crippen LogP) is 7.45. The SMILES string of the molecule is CC1(C)c2ccccc2-c2c1ccc1c3c(ccc21)C(C)(C)c1ccccc1-3. The molecule has 136 valence electrons. The van der Waals surface area contributed by atoms with Gasteiger partial charge in [0.1, 0.15) is 0 Å². The Bertz CT molecular complexity index is 1200. The molecular formula is C28H24. The normalized spacial score (nSPS) is 17.1. The maximum atomic E-state index is 2.38. The minimum atomic E-state index is 0.0519. The van der Waals surface area contributed by atoms with E-state index in [9.17, 15) is 0 Å². The standard InChI is InChI=1S/C28H24/c1-27(2)21-11-7-5-9-19(21)25-17-14-16-24-26(18(17)13-15-23(25)27)20-10-6-8-12-22(20)28(24,3)4/h5-16H,1-4H3. The van der Waals surface area contributed by atoms with Gasteiger partial charge in [0.05, 0.1) is 0 Å². The van der Waals surface area contributed by atoms with E-state index in [4.69, 9.17) is 0 Å². The maximum absolute atomic E-state index is 2.38. The molecule has 0 N–H and O–H groups in total. The highest BCUT2D eigenvalue weighted by molar-refractivity contribution is 6.10. The van der Waals surface area contributed by atoms with Crippen molar-refractivity contribution in [1.82, 2.24) is 0 Å². The molecule has 0 saturated carbocycles. The van der Waals surface area contributed by atoms with Gasteiger partial charge in [-0.1, -0.05) is 100 Å². The van der Waals surface area contributed by atoms with Crippen LogP contribution in [0, 0.1) is 0 Å². The quantitative estimate of drug-likeness (QED) is 0.305. The second-order valence-electron chi connectivity index (χ2n) is 9.41. The first-order chi connectivity index (χ1) is 13.4. The fourth-order valence-corrected chi connectivity index (χ4v) is 5.81. The van der Waals surface area contributed by atoms with Crippen molar-refractivity contribution in [2.75, 3.05) is 0 Å². The van der Waals surface area contributed by atoms with E-state index < -0.39 is 0 Å². The summed E-state index contributed by atoms with van der Waals surface area (Å²) in [6.07, 6.45) is 0. The average molecular weight is 361 g/mol. The molecule has 0 heterocycles. The first kappa shape index (κ1) is 16.1. The molecule has 4 aromatic rings. The molecule has 0 aliphatic heterocycles. The summed E-state index contributed by atoms with van der Waals surface area (Å²) in [7, 11) is 0. The lowest BCUT2D eigenvalue weighted by molar-refractivity contribution is 0.660. The van der Waals surface area contributed by atoms with Crippen LogP contribution in [0.25, 0.3) is 33.0 Å². The molecular weight excluding hydrogens is 336 g/mol. The molecule has 0 aromatic heterocycles. The third-order valence-electron chi connectivity index (χ3n) is 7.29. The van der Waals surface area contributed by atoms with Crippen molar-refractivity contribution in [1.29, 1.82) is 0 Å². The Morgan fingerprint density at radius 3 is 1.25 bits per heavy atom. The second kappa shape index (κ2) is 4.94. The fraction of sp³-hybridized carbons (Fsp3) is 0.214. The van der Waals surface area contributed by atoms with Gasteiger partial charge in [0.25, 0.3) is 0 Å². The van der Waals surface area contributed by atoms with Gasteiger partial charge in [-0.25, -0.2) is 0 Å². The van der Waals surface area contributed by atoms with Crippen LogP contribution in [-0.4, -0.2) is 0 Å². The van der Waals surface area contributed by atoms with Gasteiger partial charge in [-0.05, 0) is 55.3 Å². The Kier molecular flexibility index (Phi) is 2.85. The summed E-state index contributed by atoms with van der Waals surface area (Å²) >= 11 is 0. The molecule has 0 nitrogen and oxygen atoms in total. The van der Waals surface area contributed by atoms with Crippen molar-refractivity contribution >= 4 is 10.8 Å². The van der Waals surface area contributed by atoms with Gasteiger partial charge in [0.15, 0.2) is 0 Å². The topological polar surface area (TPSA) is 0 Å². The summed E-state index contributed by atoms with van der Waals surface area (Å²) in [6.45, 7) is 9.43. The summed E-state index contributed by atoms with van der Waals surface area (Å²) in [4.78, 5) is 0. The van der Waals surface area contributed by atoms with E-state index in [1.54, 1.807) is 0 Å². The van der Waals surface area contributed by atoms with Gasteiger partial charge < -0.3 is 0 Å². The van der Waals surface area contributed by atoms with Crippen molar-refractivity contribution in [3.8, 4) is 22.3 Å². The van der Waals surface area contributed by atoms with Crippen LogP contribution < -0.4 is 0 Å². The van der Waals surface area contributed by atoms with Crippen molar-refractivity contribution in [2.45, 2.75) is 38.5 Å². The van der Waals surface area contributed by atoms with Crippen LogP contribution in [0.3, 0.4) is 0 Å². The molecule has 0 atom stereocenters. The highest BCUT2D eigenvalue weighted by atomic mass is 14.4. The van der Waals surface area contributed by atoms with Crippen molar-refractivity contribution < 1.29 is 0 Å². The molecule has 0 unspecified atom stereocenters. The average Bonchev–Trinajstić information content (AvgIpc) is 3.08. The monoisotopic (exact) mass is 360 g/mol. The van der Waals surface area contributed by atoms with E-state index in [0.29, 0.717) is 0 Å². The smallest absolute Gasteiger partial charge is 0.0159 e. The molecule has 6 rings (SSSR count). The minimum absolute atomic E-state index is 0.0519. The molecule has 0 amide bonds. The van der Waals surface area contributed by atoms with E-state index in [-0.39, 0.29) is 10.8 Å². The van der Waals surface area contributed by atoms with Crippen LogP contribution in [0.1, 0.15) is 49.9 Å². The third-order valence-corrected chi connectivity index (χ3v) is 7.29. The van der Waals surface area contributed by atoms with Crippen LogP contribution in [-0.2, 0) is 10.8 Å². The Morgan fingerprint density at radius 1 is 0.429 bits per heavy atom. The van der Waals surface area contributed by atoms with Crippen LogP contribution in [0.5, 0.6) is 0 Å². The van der Waals surface area contributed by atoms with Gasteiger partial charge >= 0.3 is 0 Å². The Balaban J connectivity index is 1.78. The van der Waals surface area contributed by atoms with Crippen LogP contribution in [0.15, 0.2) is 72.8 Å². The first-order valence-corrected chi connectivity index (χ1v) is 10.2. The summed E-state index contributed by atoms with van der Waals surface area (Å²) in [6, 6.07) is 27.4. The summed E-state index contributed by atoms with van der Waals surface area (Å²) in [5.74, 6) is 0. The molecule has 28 heavy (non-hydrogen) atoms. The molecule has 2 aliphatic carbocycles. The first-order valence-electron chi connectivity index (χ1n) is 10.2. The lowest BCUT2D eigenvalue weighted by Crippen LogP contribution is -2.15. The predicted molar refractivity (Wildman–Crippen MR) is 119 cm³/mol. The number of fused-ring (bicyclic) bond motifs is 9. The Hall–Kier alpha value is -2.86. The van der Waals surface area contributed by atoms with Crippen molar-refractivity contribution in [3.63, 3.8) is 0 Å². The molecule has 0 saturated heterocycles. The minimum Gasteiger partial charge on any atom is -0.0619 e. The van der Waals surface area contributed by atoms with E-state index >= 15 is 0 Å². The van der Waals surface area contributed by atoms with Crippen LogP contribution in [0.2, 0.25) is 0 Å². The maximum Gasteiger partial charge on any atom is 0.0159 e. The second-order valence-corrected chi connectivity index (χ2v) is 9.41. The number of hydrogen-bond acceptors (Lipinski definition) is 0. The third kappa shape index (κ3) is 1.72. The van der Waals surface area contributed by atoms with E-state index in [1.807, 2.05) is 0 Å². The molecule has 4 aromatic carbocycles. The van der Waals surface area contributed by atoms with Gasteiger partial charge in [-0.2, -0.15) is 0 Å². The zero-order chi connectivity index (χ0) is 19.3. The number of rotatable bonds is 0. The van der Waals surface area contributed by atoms with E-state index in [0.717, 1.165) is 0 Å². The summed E-state index contributed by atoms with van der Waals surface area (Å²) in [5, 5.41) is 2.78. The Morgan fingerprint density at radius 2 is 0.821 bits per heavy atom. The fourth-order valence-electron chi connectivity index (χ4n) is 5.81. The highest BCUT2D eigenvalue weighted by Crippen LogP contribution is 2.55. The van der Waals surface area contributed by atoms with Gasteiger partial charge in [-0.15, -0.1) is 0 Å². The van der Waals surface area contributed by atoms with E-state index in [1.165, 1.54) is 55.3 Å². The van der Waals surface area contributed by atoms with Gasteiger partial charge in [0.2, 0.25) is 0 Å². The largest absolute Gasteiger partial charge is 0.0619 e. The molecule has 2 aliphatic rings. The Labute approximate surface area is 166 Å². The highest BCUT2D eigenvalue weighted by Gasteiger charge is 2.39. The van der Waals surface area contributed by atoms with E-state index in [2.05, 4.69) is 100 Å². The zero-order valence-electron chi connectivity index (χ0n) is 16.9.